The Morgan fingerprint density at radius 2 is 1.24 bits per heavy atom. The first-order chi connectivity index (χ1) is 18.1. The molecule has 1 N–H and O–H groups in total. The van der Waals surface area contributed by atoms with Gasteiger partial charge in [-0.3, -0.25) is 4.79 Å². The zero-order valence-corrected chi connectivity index (χ0v) is 21.3. The minimum absolute atomic E-state index is 0.204. The number of ether oxygens (including phenoxy) is 5. The van der Waals surface area contributed by atoms with Crippen LogP contribution in [0.15, 0.2) is 91.0 Å². The van der Waals surface area contributed by atoms with E-state index >= 15 is 0 Å². The van der Waals surface area contributed by atoms with Gasteiger partial charge in [0.25, 0.3) is 0 Å². The van der Waals surface area contributed by atoms with Crippen molar-refractivity contribution in [3.63, 3.8) is 0 Å². The number of rotatable bonds is 12. The number of nitrogens with one attached hydrogen (secondary N) is 1. The van der Waals surface area contributed by atoms with Gasteiger partial charge in [0, 0.05) is 14.0 Å². The second-order valence-corrected chi connectivity index (χ2v) is 9.03. The summed E-state index contributed by atoms with van der Waals surface area (Å²) >= 11 is 0. The monoisotopic (exact) mass is 505 g/mol. The first-order valence-corrected chi connectivity index (χ1v) is 12.5. The van der Waals surface area contributed by atoms with E-state index in [1.807, 2.05) is 91.0 Å². The van der Waals surface area contributed by atoms with Crippen molar-refractivity contribution < 1.29 is 28.5 Å². The lowest BCUT2D eigenvalue weighted by Crippen LogP contribution is -2.65. The first kappa shape index (κ1) is 27.0. The van der Waals surface area contributed by atoms with E-state index in [0.29, 0.717) is 19.8 Å². The summed E-state index contributed by atoms with van der Waals surface area (Å²) in [5, 5.41) is 2.97. The zero-order chi connectivity index (χ0) is 25.9. The Hall–Kier alpha value is -3.07. The van der Waals surface area contributed by atoms with E-state index in [4.69, 9.17) is 23.7 Å². The topological polar surface area (TPSA) is 75.2 Å². The van der Waals surface area contributed by atoms with Crippen LogP contribution in [-0.4, -0.2) is 50.3 Å². The van der Waals surface area contributed by atoms with Crippen molar-refractivity contribution in [2.24, 2.45) is 0 Å². The summed E-state index contributed by atoms with van der Waals surface area (Å²) in [6.45, 7) is 2.89. The average Bonchev–Trinajstić information content (AvgIpc) is 2.93. The van der Waals surface area contributed by atoms with Gasteiger partial charge in [-0.2, -0.15) is 0 Å². The molecular formula is C30H35NO6. The maximum Gasteiger partial charge on any atom is 0.217 e. The van der Waals surface area contributed by atoms with Crippen molar-refractivity contribution >= 4 is 5.91 Å². The molecule has 1 aliphatic heterocycles. The molecule has 0 saturated carbocycles. The molecule has 5 atom stereocenters. The van der Waals surface area contributed by atoms with Gasteiger partial charge in [0.2, 0.25) is 5.91 Å². The van der Waals surface area contributed by atoms with Crippen LogP contribution in [0.25, 0.3) is 0 Å². The van der Waals surface area contributed by atoms with Crippen LogP contribution in [-0.2, 0) is 48.3 Å². The maximum absolute atomic E-state index is 12.1. The number of carbonyl (C=O) groups is 1. The highest BCUT2D eigenvalue weighted by Gasteiger charge is 2.48. The fourth-order valence-corrected chi connectivity index (χ4v) is 4.43. The molecule has 1 fully saturated rings. The maximum atomic E-state index is 12.1. The predicted octanol–water partition coefficient (Wildman–Crippen LogP) is 4.25. The molecule has 3 aromatic carbocycles. The van der Waals surface area contributed by atoms with E-state index in [1.165, 1.54) is 6.92 Å². The predicted molar refractivity (Wildman–Crippen MR) is 139 cm³/mol. The minimum atomic E-state index is -0.730. The molecule has 0 radical (unpaired) electrons. The molecule has 1 aliphatic rings. The van der Waals surface area contributed by atoms with E-state index in [1.54, 1.807) is 7.11 Å². The number of hydrogen-bond acceptors (Lipinski definition) is 6. The van der Waals surface area contributed by atoms with Crippen LogP contribution >= 0.6 is 0 Å². The molecule has 0 unspecified atom stereocenters. The van der Waals surface area contributed by atoms with E-state index in [0.717, 1.165) is 16.7 Å². The van der Waals surface area contributed by atoms with Gasteiger partial charge in [-0.25, -0.2) is 0 Å². The lowest BCUT2D eigenvalue weighted by atomic mass is 9.96. The van der Waals surface area contributed by atoms with Crippen LogP contribution in [0.5, 0.6) is 0 Å². The molecule has 0 aromatic heterocycles. The molecule has 196 valence electrons. The largest absolute Gasteiger partial charge is 0.374 e. The lowest BCUT2D eigenvalue weighted by molar-refractivity contribution is -0.284. The molecule has 37 heavy (non-hydrogen) atoms. The van der Waals surface area contributed by atoms with Crippen molar-refractivity contribution in [3.05, 3.63) is 108 Å². The Balaban J connectivity index is 1.56. The number of carbonyl (C=O) groups excluding carboxylic acids is 1. The molecule has 7 heteroatoms. The third kappa shape index (κ3) is 7.95. The van der Waals surface area contributed by atoms with Crippen LogP contribution in [0.2, 0.25) is 0 Å². The molecule has 1 heterocycles. The summed E-state index contributed by atoms with van der Waals surface area (Å²) in [6.07, 6.45) is -2.28. The van der Waals surface area contributed by atoms with E-state index in [-0.39, 0.29) is 12.5 Å². The van der Waals surface area contributed by atoms with Crippen LogP contribution < -0.4 is 5.32 Å². The summed E-state index contributed by atoms with van der Waals surface area (Å²) < 4.78 is 30.9. The van der Waals surface area contributed by atoms with E-state index in [9.17, 15) is 4.79 Å². The van der Waals surface area contributed by atoms with E-state index in [2.05, 4.69) is 5.32 Å². The van der Waals surface area contributed by atoms with Gasteiger partial charge in [0.1, 0.15) is 24.4 Å². The Morgan fingerprint density at radius 1 is 0.757 bits per heavy atom. The van der Waals surface area contributed by atoms with Crippen LogP contribution in [0.3, 0.4) is 0 Å². The fourth-order valence-electron chi connectivity index (χ4n) is 4.43. The van der Waals surface area contributed by atoms with Crippen molar-refractivity contribution in [3.8, 4) is 0 Å². The first-order valence-electron chi connectivity index (χ1n) is 12.5. The standard InChI is InChI=1S/C30H35NO6/c1-22(32)31-27-29(36-20-25-16-10-5-11-17-25)28(35-19-24-14-8-4-9-15-24)26(37-30(27)33-2)21-34-18-23-12-6-3-7-13-23/h3-17,26-30H,18-21H2,1-2H3,(H,31,32)/t26-,27-,28-,29-,30+/m1/s1. The third-order valence-electron chi connectivity index (χ3n) is 6.21. The van der Waals surface area contributed by atoms with Gasteiger partial charge in [-0.05, 0) is 16.7 Å². The molecule has 4 rings (SSSR count). The molecule has 0 spiro atoms. The van der Waals surface area contributed by atoms with Crippen molar-refractivity contribution in [2.75, 3.05) is 13.7 Å². The average molecular weight is 506 g/mol. The highest BCUT2D eigenvalue weighted by atomic mass is 16.7. The molecule has 3 aromatic rings. The summed E-state index contributed by atoms with van der Waals surface area (Å²) in [5.74, 6) is -0.204. The van der Waals surface area contributed by atoms with Crippen LogP contribution in [0, 0.1) is 0 Å². The minimum Gasteiger partial charge on any atom is -0.374 e. The number of methoxy groups -OCH3 is 1. The summed E-state index contributed by atoms with van der Waals surface area (Å²) in [7, 11) is 1.56. The quantitative estimate of drug-likeness (QED) is 0.397. The van der Waals surface area contributed by atoms with Gasteiger partial charge in [0.15, 0.2) is 6.29 Å². The second-order valence-electron chi connectivity index (χ2n) is 9.03. The molecular weight excluding hydrogens is 470 g/mol. The van der Waals surface area contributed by atoms with Gasteiger partial charge in [0.05, 0.1) is 26.4 Å². The van der Waals surface area contributed by atoms with E-state index < -0.39 is 30.6 Å². The van der Waals surface area contributed by atoms with Crippen LogP contribution in [0.1, 0.15) is 23.6 Å². The normalized spacial score (nSPS) is 23.5. The summed E-state index contributed by atoms with van der Waals surface area (Å²) in [4.78, 5) is 12.1. The number of amides is 1. The second kappa shape index (κ2) is 14.0. The van der Waals surface area contributed by atoms with Crippen molar-refractivity contribution in [1.82, 2.24) is 5.32 Å². The molecule has 0 bridgehead atoms. The Labute approximate surface area is 218 Å². The molecule has 7 nitrogen and oxygen atoms in total. The van der Waals surface area contributed by atoms with Crippen LogP contribution in [0.4, 0.5) is 0 Å². The van der Waals surface area contributed by atoms with Crippen molar-refractivity contribution in [2.45, 2.75) is 57.4 Å². The SMILES string of the molecule is CO[C@H]1O[C@H](COCc2ccccc2)[C@@H](OCc2ccccc2)[C@H](OCc2ccccc2)[C@H]1NC(C)=O. The number of benzene rings is 3. The van der Waals surface area contributed by atoms with Crippen molar-refractivity contribution in [1.29, 1.82) is 0 Å². The molecule has 0 aliphatic carbocycles. The van der Waals surface area contributed by atoms with Gasteiger partial charge < -0.3 is 29.0 Å². The lowest BCUT2D eigenvalue weighted by Gasteiger charge is -2.45. The highest BCUT2D eigenvalue weighted by molar-refractivity contribution is 5.73. The Bertz CT molecular complexity index is 1070. The Morgan fingerprint density at radius 3 is 1.73 bits per heavy atom. The summed E-state index contributed by atoms with van der Waals surface area (Å²) in [5.41, 5.74) is 3.11. The molecule has 1 saturated heterocycles. The molecule has 1 amide bonds. The third-order valence-corrected chi connectivity index (χ3v) is 6.21. The highest BCUT2D eigenvalue weighted by Crippen LogP contribution is 2.29. The van der Waals surface area contributed by atoms with Gasteiger partial charge >= 0.3 is 0 Å². The zero-order valence-electron chi connectivity index (χ0n) is 21.3. The van der Waals surface area contributed by atoms with Gasteiger partial charge in [-0.1, -0.05) is 91.0 Å². The fraction of sp³-hybridized carbons (Fsp3) is 0.367. The number of hydrogen-bond donors (Lipinski definition) is 1. The smallest absolute Gasteiger partial charge is 0.217 e. The van der Waals surface area contributed by atoms with Gasteiger partial charge in [-0.15, -0.1) is 0 Å². The Kier molecular flexibility index (Phi) is 10.2. The summed E-state index contributed by atoms with van der Waals surface area (Å²) in [6, 6.07) is 29.2.